The van der Waals surface area contributed by atoms with Gasteiger partial charge in [0.05, 0.1) is 18.2 Å². The quantitative estimate of drug-likeness (QED) is 0.478. The van der Waals surface area contributed by atoms with Crippen molar-refractivity contribution in [3.63, 3.8) is 0 Å². The first-order valence-electron chi connectivity index (χ1n) is 9.33. The molecule has 4 heterocycles. The van der Waals surface area contributed by atoms with Gasteiger partial charge in [0, 0.05) is 22.7 Å². The van der Waals surface area contributed by atoms with Gasteiger partial charge in [-0.25, -0.2) is 0 Å². The fraction of sp³-hybridized carbons (Fsp3) is 0.0870. The highest BCUT2D eigenvalue weighted by Gasteiger charge is 2.44. The SMILES string of the molecule is O=C(C1=C(O)C(=O)N(Cc2cccs2)C1c1ccncc1)c1cc2ccccc2o1. The standard InChI is InChI=1S/C23H16N2O4S/c26-21(18-12-15-4-1-2-6-17(15)29-18)19-20(14-7-9-24-10-8-14)25(23(28)22(19)27)13-16-5-3-11-30-16/h1-12,20,27H,13H2. The van der Waals surface area contributed by atoms with Gasteiger partial charge in [-0.1, -0.05) is 24.3 Å². The van der Waals surface area contributed by atoms with Gasteiger partial charge < -0.3 is 14.4 Å². The van der Waals surface area contributed by atoms with E-state index in [4.69, 9.17) is 4.42 Å². The van der Waals surface area contributed by atoms with Crippen molar-refractivity contribution < 1.29 is 19.1 Å². The highest BCUT2D eigenvalue weighted by atomic mass is 32.1. The fourth-order valence-corrected chi connectivity index (χ4v) is 4.44. The number of pyridine rings is 1. The lowest BCUT2D eigenvalue weighted by Gasteiger charge is -2.26. The Balaban J connectivity index is 1.60. The van der Waals surface area contributed by atoms with E-state index >= 15 is 0 Å². The predicted molar refractivity (Wildman–Crippen MR) is 112 cm³/mol. The number of Topliss-reactive ketones (excluding diaryl/α,β-unsaturated/α-hetero) is 1. The van der Waals surface area contributed by atoms with Crippen molar-refractivity contribution in [2.75, 3.05) is 0 Å². The zero-order valence-electron chi connectivity index (χ0n) is 15.7. The summed E-state index contributed by atoms with van der Waals surface area (Å²) in [5.74, 6) is -1.54. The van der Waals surface area contributed by atoms with Gasteiger partial charge in [0.25, 0.3) is 5.91 Å². The Labute approximate surface area is 175 Å². The number of para-hydroxylation sites is 1. The molecule has 0 radical (unpaired) electrons. The number of carbonyl (C=O) groups is 2. The molecule has 1 atom stereocenters. The van der Waals surface area contributed by atoms with Crippen molar-refractivity contribution in [1.82, 2.24) is 9.88 Å². The summed E-state index contributed by atoms with van der Waals surface area (Å²) in [6.45, 7) is 0.282. The molecule has 1 unspecified atom stereocenters. The van der Waals surface area contributed by atoms with Gasteiger partial charge in [0.1, 0.15) is 5.58 Å². The van der Waals surface area contributed by atoms with Gasteiger partial charge in [-0.3, -0.25) is 14.6 Å². The second kappa shape index (κ2) is 7.27. The third-order valence-corrected chi connectivity index (χ3v) is 5.99. The van der Waals surface area contributed by atoms with E-state index in [2.05, 4.69) is 4.98 Å². The number of hydrogen-bond donors (Lipinski definition) is 1. The van der Waals surface area contributed by atoms with E-state index in [1.165, 1.54) is 16.2 Å². The molecule has 1 aliphatic heterocycles. The third-order valence-electron chi connectivity index (χ3n) is 5.13. The Morgan fingerprint density at radius 1 is 1.13 bits per heavy atom. The van der Waals surface area contributed by atoms with Gasteiger partial charge >= 0.3 is 0 Å². The normalized spacial score (nSPS) is 16.6. The zero-order chi connectivity index (χ0) is 20.7. The summed E-state index contributed by atoms with van der Waals surface area (Å²) in [5.41, 5.74) is 1.28. The number of aromatic nitrogens is 1. The van der Waals surface area contributed by atoms with Crippen LogP contribution in [0.2, 0.25) is 0 Å². The molecule has 0 saturated heterocycles. The lowest BCUT2D eigenvalue weighted by Crippen LogP contribution is -2.30. The fourth-order valence-electron chi connectivity index (χ4n) is 3.74. The van der Waals surface area contributed by atoms with Gasteiger partial charge in [0.2, 0.25) is 5.78 Å². The van der Waals surface area contributed by atoms with Crippen LogP contribution in [-0.2, 0) is 11.3 Å². The molecule has 0 bridgehead atoms. The molecule has 5 rings (SSSR count). The predicted octanol–water partition coefficient (Wildman–Crippen LogP) is 4.67. The number of aliphatic hydroxyl groups is 1. The van der Waals surface area contributed by atoms with Gasteiger partial charge in [-0.05, 0) is 41.3 Å². The van der Waals surface area contributed by atoms with Crippen LogP contribution < -0.4 is 0 Å². The Kier molecular flexibility index (Phi) is 4.44. The molecule has 1 amide bonds. The average molecular weight is 416 g/mol. The third kappa shape index (κ3) is 3.00. The maximum absolute atomic E-state index is 13.4. The molecular weight excluding hydrogens is 400 g/mol. The van der Waals surface area contributed by atoms with Crippen molar-refractivity contribution in [1.29, 1.82) is 0 Å². The second-order valence-corrected chi connectivity index (χ2v) is 7.97. The summed E-state index contributed by atoms with van der Waals surface area (Å²) < 4.78 is 5.72. The average Bonchev–Trinajstić information content (AvgIpc) is 3.49. The van der Waals surface area contributed by atoms with E-state index in [1.807, 2.05) is 35.7 Å². The first-order valence-corrected chi connectivity index (χ1v) is 10.2. The number of amides is 1. The molecule has 0 aliphatic carbocycles. The van der Waals surface area contributed by atoms with Crippen LogP contribution in [0.1, 0.15) is 27.0 Å². The zero-order valence-corrected chi connectivity index (χ0v) is 16.5. The number of carbonyl (C=O) groups excluding carboxylic acids is 2. The lowest BCUT2D eigenvalue weighted by molar-refractivity contribution is -0.130. The molecule has 0 spiro atoms. The number of ketones is 1. The van der Waals surface area contributed by atoms with E-state index in [1.54, 1.807) is 36.7 Å². The Hall–Kier alpha value is -3.71. The molecule has 3 aromatic heterocycles. The summed E-state index contributed by atoms with van der Waals surface area (Å²) in [6.07, 6.45) is 3.20. The lowest BCUT2D eigenvalue weighted by atomic mass is 9.95. The van der Waals surface area contributed by atoms with Crippen LogP contribution in [0, 0.1) is 0 Å². The van der Waals surface area contributed by atoms with Crippen molar-refractivity contribution in [2.24, 2.45) is 0 Å². The summed E-state index contributed by atoms with van der Waals surface area (Å²) >= 11 is 1.51. The topological polar surface area (TPSA) is 83.6 Å². The summed E-state index contributed by atoms with van der Waals surface area (Å²) in [5, 5.41) is 13.4. The Bertz CT molecular complexity index is 1240. The molecule has 1 aromatic carbocycles. The largest absolute Gasteiger partial charge is 0.503 e. The minimum Gasteiger partial charge on any atom is -0.503 e. The van der Waals surface area contributed by atoms with Crippen molar-refractivity contribution in [3.05, 3.63) is 99.9 Å². The molecule has 7 heteroatoms. The number of aliphatic hydroxyl groups excluding tert-OH is 1. The maximum Gasteiger partial charge on any atom is 0.290 e. The van der Waals surface area contributed by atoms with Crippen molar-refractivity contribution in [3.8, 4) is 0 Å². The van der Waals surface area contributed by atoms with Crippen molar-refractivity contribution >= 4 is 34.0 Å². The number of nitrogens with zero attached hydrogens (tertiary/aromatic N) is 2. The van der Waals surface area contributed by atoms with E-state index in [0.717, 1.165) is 10.3 Å². The van der Waals surface area contributed by atoms with Gasteiger partial charge in [0.15, 0.2) is 11.5 Å². The smallest absolute Gasteiger partial charge is 0.290 e. The summed E-state index contributed by atoms with van der Waals surface area (Å²) in [6, 6.07) is 15.5. The number of thiophene rings is 1. The van der Waals surface area contributed by atoms with Crippen LogP contribution in [0.25, 0.3) is 11.0 Å². The minimum atomic E-state index is -0.733. The highest BCUT2D eigenvalue weighted by Crippen LogP contribution is 2.40. The molecule has 30 heavy (non-hydrogen) atoms. The van der Waals surface area contributed by atoms with Crippen LogP contribution in [0.3, 0.4) is 0 Å². The van der Waals surface area contributed by atoms with E-state index < -0.39 is 23.5 Å². The molecular formula is C23H16N2O4S. The first kappa shape index (κ1) is 18.3. The van der Waals surface area contributed by atoms with Crippen LogP contribution in [0.15, 0.2) is 88.1 Å². The molecule has 1 N–H and O–H groups in total. The Morgan fingerprint density at radius 3 is 2.67 bits per heavy atom. The van der Waals surface area contributed by atoms with Crippen LogP contribution in [-0.4, -0.2) is 26.7 Å². The van der Waals surface area contributed by atoms with Gasteiger partial charge in [-0.2, -0.15) is 0 Å². The maximum atomic E-state index is 13.4. The molecule has 1 aliphatic rings. The minimum absolute atomic E-state index is 0.0156. The monoisotopic (exact) mass is 416 g/mol. The van der Waals surface area contributed by atoms with E-state index in [9.17, 15) is 14.7 Å². The molecule has 0 saturated carbocycles. The van der Waals surface area contributed by atoms with Gasteiger partial charge in [-0.15, -0.1) is 11.3 Å². The summed E-state index contributed by atoms with van der Waals surface area (Å²) in [4.78, 5) is 32.8. The van der Waals surface area contributed by atoms with Crippen molar-refractivity contribution in [2.45, 2.75) is 12.6 Å². The highest BCUT2D eigenvalue weighted by molar-refractivity contribution is 7.09. The van der Waals surface area contributed by atoms with Crippen LogP contribution in [0.5, 0.6) is 0 Å². The number of rotatable bonds is 5. The van der Waals surface area contributed by atoms with E-state index in [0.29, 0.717) is 11.1 Å². The van der Waals surface area contributed by atoms with Crippen LogP contribution >= 0.6 is 11.3 Å². The number of benzene rings is 1. The number of furan rings is 1. The first-order chi connectivity index (χ1) is 14.6. The molecule has 6 nitrogen and oxygen atoms in total. The van der Waals surface area contributed by atoms with Crippen LogP contribution in [0.4, 0.5) is 0 Å². The second-order valence-electron chi connectivity index (χ2n) is 6.94. The number of hydrogen-bond acceptors (Lipinski definition) is 6. The molecule has 0 fully saturated rings. The summed E-state index contributed by atoms with van der Waals surface area (Å²) in [7, 11) is 0. The number of fused-ring (bicyclic) bond motifs is 1. The Morgan fingerprint density at radius 2 is 1.93 bits per heavy atom. The molecule has 148 valence electrons. The van der Waals surface area contributed by atoms with E-state index in [-0.39, 0.29) is 17.9 Å². The molecule has 4 aromatic rings.